The van der Waals surface area contributed by atoms with Crippen LogP contribution in [-0.4, -0.2) is 40.9 Å². The molecule has 0 unspecified atom stereocenters. The van der Waals surface area contributed by atoms with Crippen molar-refractivity contribution in [1.82, 2.24) is 19.9 Å². The fourth-order valence-electron chi connectivity index (χ4n) is 2.22. The van der Waals surface area contributed by atoms with Gasteiger partial charge in [0.05, 0.1) is 18.4 Å². The lowest BCUT2D eigenvalue weighted by Crippen LogP contribution is -2.22. The van der Waals surface area contributed by atoms with Gasteiger partial charge in [0.25, 0.3) is 0 Å². The van der Waals surface area contributed by atoms with Crippen LogP contribution in [0.15, 0.2) is 42.6 Å². The number of nitrogens with zero attached hydrogens (tertiary/aromatic N) is 3. The van der Waals surface area contributed by atoms with Gasteiger partial charge in [-0.15, -0.1) is 5.10 Å². The third-order valence-corrected chi connectivity index (χ3v) is 3.36. The highest BCUT2D eigenvalue weighted by Gasteiger charge is 2.11. The summed E-state index contributed by atoms with van der Waals surface area (Å²) in [6.07, 6.45) is 1.09. The molecule has 0 aliphatic heterocycles. The molecular formula is C16H16FN5O2. The number of nitrogens with one attached hydrogen (secondary N) is 2. The van der Waals surface area contributed by atoms with Crippen LogP contribution in [0.25, 0.3) is 16.9 Å². The van der Waals surface area contributed by atoms with Crippen molar-refractivity contribution in [2.45, 2.75) is 0 Å². The van der Waals surface area contributed by atoms with Crippen molar-refractivity contribution >= 4 is 17.6 Å². The summed E-state index contributed by atoms with van der Waals surface area (Å²) in [7, 11) is 1.49. The third kappa shape index (κ3) is 3.27. The molecule has 3 aromatic rings. The van der Waals surface area contributed by atoms with Crippen LogP contribution in [0.4, 0.5) is 15.0 Å². The van der Waals surface area contributed by atoms with E-state index >= 15 is 0 Å². The molecule has 124 valence electrons. The first-order chi connectivity index (χ1) is 11.7. The summed E-state index contributed by atoms with van der Waals surface area (Å²) < 4.78 is 20.5. The molecular weight excluding hydrogens is 313 g/mol. The van der Waals surface area contributed by atoms with Gasteiger partial charge in [-0.3, -0.25) is 0 Å². The van der Waals surface area contributed by atoms with Crippen molar-refractivity contribution in [1.29, 1.82) is 0 Å². The van der Waals surface area contributed by atoms with Crippen LogP contribution in [0, 0.1) is 5.82 Å². The van der Waals surface area contributed by atoms with E-state index in [1.165, 1.54) is 13.1 Å². The summed E-state index contributed by atoms with van der Waals surface area (Å²) in [4.78, 5) is 15.2. The number of hydrogen-bond donors (Lipinski definition) is 2. The van der Waals surface area contributed by atoms with Gasteiger partial charge in [-0.1, -0.05) is 12.1 Å². The van der Waals surface area contributed by atoms with E-state index in [0.717, 1.165) is 0 Å². The SMILES string of the molecule is CNC(=O)OCCNc1ccc2ncc(-c3ccccc3F)n2n1. The highest BCUT2D eigenvalue weighted by atomic mass is 19.1. The summed E-state index contributed by atoms with van der Waals surface area (Å²) in [5.74, 6) is 0.233. The quantitative estimate of drug-likeness (QED) is 0.702. The van der Waals surface area contributed by atoms with Crippen molar-refractivity contribution in [2.75, 3.05) is 25.5 Å². The minimum atomic E-state index is -0.489. The predicted molar refractivity (Wildman–Crippen MR) is 87.3 cm³/mol. The number of carbonyl (C=O) groups excluding carboxylic acids is 1. The summed E-state index contributed by atoms with van der Waals surface area (Å²) in [6.45, 7) is 0.596. The van der Waals surface area contributed by atoms with Gasteiger partial charge in [-0.05, 0) is 24.3 Å². The fraction of sp³-hybridized carbons (Fsp3) is 0.188. The normalized spacial score (nSPS) is 10.6. The van der Waals surface area contributed by atoms with Crippen LogP contribution in [0.1, 0.15) is 0 Å². The van der Waals surface area contributed by atoms with Crippen molar-refractivity contribution < 1.29 is 13.9 Å². The second-order valence-electron chi connectivity index (χ2n) is 4.92. The van der Waals surface area contributed by atoms with E-state index in [4.69, 9.17) is 4.74 Å². The molecule has 1 aromatic carbocycles. The average molecular weight is 329 g/mol. The molecule has 2 heterocycles. The molecule has 0 aliphatic rings. The van der Waals surface area contributed by atoms with Gasteiger partial charge in [0.15, 0.2) is 5.65 Å². The standard InChI is InChI=1S/C16H16FN5O2/c1-18-16(23)24-9-8-19-14-6-7-15-20-10-13(22(15)21-14)11-4-2-3-5-12(11)17/h2-7,10H,8-9H2,1H3,(H,18,23)(H,19,21). The molecule has 0 aliphatic carbocycles. The van der Waals surface area contributed by atoms with Crippen LogP contribution in [-0.2, 0) is 4.74 Å². The number of ether oxygens (including phenoxy) is 1. The summed E-state index contributed by atoms with van der Waals surface area (Å²) in [6, 6.07) is 10.0. The maximum Gasteiger partial charge on any atom is 0.406 e. The maximum absolute atomic E-state index is 14.0. The molecule has 24 heavy (non-hydrogen) atoms. The summed E-state index contributed by atoms with van der Waals surface area (Å²) in [5.41, 5.74) is 1.60. The van der Waals surface area contributed by atoms with Crippen LogP contribution < -0.4 is 10.6 Å². The Morgan fingerprint density at radius 3 is 2.92 bits per heavy atom. The number of aromatic nitrogens is 3. The molecule has 2 aromatic heterocycles. The van der Waals surface area contributed by atoms with Gasteiger partial charge in [0.1, 0.15) is 18.2 Å². The molecule has 0 spiro atoms. The summed E-state index contributed by atoms with van der Waals surface area (Å²) >= 11 is 0. The van der Waals surface area contributed by atoms with E-state index in [-0.39, 0.29) is 12.4 Å². The number of carbonyl (C=O) groups is 1. The Labute approximate surface area is 137 Å². The highest BCUT2D eigenvalue weighted by Crippen LogP contribution is 2.23. The number of hydrogen-bond acceptors (Lipinski definition) is 5. The largest absolute Gasteiger partial charge is 0.448 e. The Balaban J connectivity index is 1.79. The number of fused-ring (bicyclic) bond motifs is 1. The number of imidazole rings is 1. The van der Waals surface area contributed by atoms with E-state index in [1.54, 1.807) is 41.0 Å². The number of benzene rings is 1. The van der Waals surface area contributed by atoms with Crippen molar-refractivity contribution in [3.63, 3.8) is 0 Å². The maximum atomic E-state index is 14.0. The Morgan fingerprint density at radius 1 is 1.29 bits per heavy atom. The Bertz CT molecular complexity index is 865. The molecule has 0 bridgehead atoms. The van der Waals surface area contributed by atoms with Gasteiger partial charge in [0.2, 0.25) is 0 Å². The van der Waals surface area contributed by atoms with E-state index in [0.29, 0.717) is 29.3 Å². The molecule has 0 radical (unpaired) electrons. The Kier molecular flexibility index (Phi) is 4.55. The molecule has 8 heteroatoms. The predicted octanol–water partition coefficient (Wildman–Crippen LogP) is 2.30. The van der Waals surface area contributed by atoms with Gasteiger partial charge < -0.3 is 15.4 Å². The van der Waals surface area contributed by atoms with Crippen LogP contribution >= 0.6 is 0 Å². The first-order valence-corrected chi connectivity index (χ1v) is 7.37. The lowest BCUT2D eigenvalue weighted by Gasteiger charge is -2.08. The van der Waals surface area contributed by atoms with E-state index in [9.17, 15) is 9.18 Å². The Hall–Kier alpha value is -3.16. The number of rotatable bonds is 5. The van der Waals surface area contributed by atoms with Crippen molar-refractivity contribution in [3.8, 4) is 11.3 Å². The van der Waals surface area contributed by atoms with E-state index in [2.05, 4.69) is 20.7 Å². The van der Waals surface area contributed by atoms with Crippen molar-refractivity contribution in [3.05, 3.63) is 48.4 Å². The monoisotopic (exact) mass is 329 g/mol. The molecule has 2 N–H and O–H groups in total. The molecule has 1 amide bonds. The molecule has 0 saturated heterocycles. The first kappa shape index (κ1) is 15.7. The van der Waals surface area contributed by atoms with Crippen LogP contribution in [0.2, 0.25) is 0 Å². The average Bonchev–Trinajstić information content (AvgIpc) is 3.02. The second kappa shape index (κ2) is 6.95. The second-order valence-corrected chi connectivity index (χ2v) is 4.92. The van der Waals surface area contributed by atoms with Gasteiger partial charge in [-0.25, -0.2) is 18.7 Å². The van der Waals surface area contributed by atoms with Crippen LogP contribution in [0.5, 0.6) is 0 Å². The smallest absolute Gasteiger partial charge is 0.406 e. The minimum Gasteiger partial charge on any atom is -0.448 e. The molecule has 0 saturated carbocycles. The highest BCUT2D eigenvalue weighted by molar-refractivity contribution is 5.66. The first-order valence-electron chi connectivity index (χ1n) is 7.37. The van der Waals surface area contributed by atoms with Gasteiger partial charge >= 0.3 is 6.09 Å². The Morgan fingerprint density at radius 2 is 2.12 bits per heavy atom. The zero-order valence-corrected chi connectivity index (χ0v) is 13.0. The van der Waals surface area contributed by atoms with Gasteiger partial charge in [0, 0.05) is 12.6 Å². The number of alkyl carbamates (subject to hydrolysis) is 1. The van der Waals surface area contributed by atoms with Crippen LogP contribution in [0.3, 0.4) is 0 Å². The third-order valence-electron chi connectivity index (χ3n) is 3.36. The van der Waals surface area contributed by atoms with E-state index < -0.39 is 6.09 Å². The number of amides is 1. The lowest BCUT2D eigenvalue weighted by atomic mass is 10.1. The number of halogens is 1. The molecule has 0 atom stereocenters. The zero-order valence-electron chi connectivity index (χ0n) is 13.0. The summed E-state index contributed by atoms with van der Waals surface area (Å²) in [5, 5.41) is 9.81. The topological polar surface area (TPSA) is 80.5 Å². The van der Waals surface area contributed by atoms with E-state index in [1.807, 2.05) is 0 Å². The zero-order chi connectivity index (χ0) is 16.9. The van der Waals surface area contributed by atoms with Crippen molar-refractivity contribution in [2.24, 2.45) is 0 Å². The molecule has 7 nitrogen and oxygen atoms in total. The minimum absolute atomic E-state index is 0.198. The lowest BCUT2D eigenvalue weighted by molar-refractivity contribution is 0.153. The fourth-order valence-corrected chi connectivity index (χ4v) is 2.22. The molecule has 3 rings (SSSR count). The molecule has 0 fully saturated rings. The van der Waals surface area contributed by atoms with Gasteiger partial charge in [-0.2, -0.15) is 0 Å². The number of anilines is 1.